The molecule has 4 rings (SSSR count). The molecule has 2 aromatic carbocycles. The molecule has 1 saturated carbocycles. The standard InChI is InChI=1S/C31H29F7N2O2S/c1-16-11-21(32)7-10-23(16)27-25(24(15-39)26(43-27)17-5-8-22(41)9-6-17)40(4)28(42)29(2,3)18-12-19(30(33,34)35)14-20(13-18)31(36,37)38/h7,10-14,17,22,41H,5-6,8-9H2,1-4H3. The maximum absolute atomic E-state index is 14.1. The Balaban J connectivity index is 1.89. The van der Waals surface area contributed by atoms with Crippen LogP contribution in [0.5, 0.6) is 0 Å². The molecule has 1 fully saturated rings. The number of hydrogen-bond acceptors (Lipinski definition) is 4. The molecule has 1 aliphatic carbocycles. The number of benzene rings is 2. The van der Waals surface area contributed by atoms with Crippen LogP contribution in [0.3, 0.4) is 0 Å². The maximum atomic E-state index is 14.1. The Hall–Kier alpha value is -3.43. The van der Waals surface area contributed by atoms with Gasteiger partial charge in [-0.15, -0.1) is 11.3 Å². The summed E-state index contributed by atoms with van der Waals surface area (Å²) in [6.07, 6.45) is -8.51. The highest BCUT2D eigenvalue weighted by Gasteiger charge is 2.42. The van der Waals surface area contributed by atoms with Crippen molar-refractivity contribution in [3.05, 3.63) is 74.9 Å². The summed E-state index contributed by atoms with van der Waals surface area (Å²) >= 11 is 1.24. The Morgan fingerprint density at radius 1 is 0.953 bits per heavy atom. The number of rotatable bonds is 5. The van der Waals surface area contributed by atoms with E-state index in [1.54, 1.807) is 6.92 Å². The van der Waals surface area contributed by atoms with Crippen molar-refractivity contribution in [2.45, 2.75) is 76.2 Å². The number of nitrogens with zero attached hydrogens (tertiary/aromatic N) is 2. The molecule has 0 spiro atoms. The van der Waals surface area contributed by atoms with Crippen molar-refractivity contribution in [1.82, 2.24) is 0 Å². The lowest BCUT2D eigenvalue weighted by Crippen LogP contribution is -2.42. The molecule has 12 heteroatoms. The lowest BCUT2D eigenvalue weighted by atomic mass is 9.81. The number of alkyl halides is 6. The second-order valence-corrected chi connectivity index (χ2v) is 12.4. The van der Waals surface area contributed by atoms with Crippen molar-refractivity contribution in [2.75, 3.05) is 11.9 Å². The van der Waals surface area contributed by atoms with Gasteiger partial charge in [0, 0.05) is 11.9 Å². The summed E-state index contributed by atoms with van der Waals surface area (Å²) in [5, 5.41) is 20.3. The first-order valence-corrected chi connectivity index (χ1v) is 14.3. The van der Waals surface area contributed by atoms with E-state index in [-0.39, 0.29) is 23.2 Å². The van der Waals surface area contributed by atoms with Crippen molar-refractivity contribution >= 4 is 22.9 Å². The van der Waals surface area contributed by atoms with Gasteiger partial charge in [0.1, 0.15) is 11.9 Å². The zero-order chi connectivity index (χ0) is 32.1. The van der Waals surface area contributed by atoms with Crippen LogP contribution in [0.25, 0.3) is 10.4 Å². The number of nitriles is 1. The van der Waals surface area contributed by atoms with E-state index >= 15 is 0 Å². The maximum Gasteiger partial charge on any atom is 0.416 e. The van der Waals surface area contributed by atoms with Gasteiger partial charge in [0.05, 0.1) is 38.8 Å². The van der Waals surface area contributed by atoms with Gasteiger partial charge in [-0.05, 0) is 99.4 Å². The number of halogens is 7. The number of likely N-dealkylation sites (N-methyl/N-ethyl adjacent to an activating group) is 1. The van der Waals surface area contributed by atoms with Gasteiger partial charge in [-0.2, -0.15) is 31.6 Å². The molecular formula is C31H29F7N2O2S. The molecule has 0 unspecified atom stereocenters. The Morgan fingerprint density at radius 2 is 1.49 bits per heavy atom. The molecule has 0 atom stereocenters. The van der Waals surface area contributed by atoms with Crippen LogP contribution in [0, 0.1) is 24.1 Å². The second-order valence-electron chi connectivity index (χ2n) is 11.4. The summed E-state index contributed by atoms with van der Waals surface area (Å²) in [6, 6.07) is 7.24. The number of carbonyl (C=O) groups excluding carboxylic acids is 1. The summed E-state index contributed by atoms with van der Waals surface area (Å²) in [5.41, 5.74) is -4.16. The van der Waals surface area contributed by atoms with Gasteiger partial charge in [0.15, 0.2) is 0 Å². The highest BCUT2D eigenvalue weighted by atomic mass is 32.1. The van der Waals surface area contributed by atoms with Gasteiger partial charge in [-0.1, -0.05) is 6.07 Å². The van der Waals surface area contributed by atoms with Crippen molar-refractivity contribution in [3.8, 4) is 16.5 Å². The first-order chi connectivity index (χ1) is 19.9. The van der Waals surface area contributed by atoms with Crippen LogP contribution in [-0.4, -0.2) is 24.2 Å². The average molecular weight is 627 g/mol. The fourth-order valence-corrected chi connectivity index (χ4v) is 7.06. The molecule has 1 N–H and O–H groups in total. The van der Waals surface area contributed by atoms with Gasteiger partial charge in [-0.3, -0.25) is 4.79 Å². The number of amides is 1. The molecule has 4 nitrogen and oxygen atoms in total. The third-order valence-corrected chi connectivity index (χ3v) is 9.38. The third-order valence-electron chi connectivity index (χ3n) is 8.01. The van der Waals surface area contributed by atoms with Crippen LogP contribution < -0.4 is 4.90 Å². The van der Waals surface area contributed by atoms with Gasteiger partial charge in [0.2, 0.25) is 5.91 Å². The molecule has 3 aromatic rings. The number of aryl methyl sites for hydroxylation is 1. The summed E-state index contributed by atoms with van der Waals surface area (Å²) in [6.45, 7) is 4.11. The lowest BCUT2D eigenvalue weighted by molar-refractivity contribution is -0.143. The van der Waals surface area contributed by atoms with E-state index in [9.17, 15) is 45.9 Å². The monoisotopic (exact) mass is 626 g/mol. The fourth-order valence-electron chi connectivity index (χ4n) is 5.52. The molecule has 1 aromatic heterocycles. The Labute approximate surface area is 248 Å². The van der Waals surface area contributed by atoms with Crippen molar-refractivity contribution in [2.24, 2.45) is 0 Å². The first-order valence-electron chi connectivity index (χ1n) is 13.5. The molecular weight excluding hydrogens is 597 g/mol. The lowest BCUT2D eigenvalue weighted by Gasteiger charge is -2.31. The molecule has 230 valence electrons. The zero-order valence-electron chi connectivity index (χ0n) is 23.8. The van der Waals surface area contributed by atoms with Crippen LogP contribution in [0.15, 0.2) is 36.4 Å². The van der Waals surface area contributed by atoms with Crippen LogP contribution in [0.1, 0.15) is 78.1 Å². The largest absolute Gasteiger partial charge is 0.416 e. The molecule has 0 radical (unpaired) electrons. The predicted molar refractivity (Wildman–Crippen MR) is 149 cm³/mol. The minimum Gasteiger partial charge on any atom is -0.393 e. The second kappa shape index (κ2) is 11.6. The Kier molecular flexibility index (Phi) is 8.75. The van der Waals surface area contributed by atoms with Crippen LogP contribution in [0.2, 0.25) is 0 Å². The van der Waals surface area contributed by atoms with Gasteiger partial charge in [-0.25, -0.2) is 4.39 Å². The summed E-state index contributed by atoms with van der Waals surface area (Å²) in [5.74, 6) is -1.47. The van der Waals surface area contributed by atoms with E-state index in [0.29, 0.717) is 58.7 Å². The van der Waals surface area contributed by atoms with Gasteiger partial charge in [0.25, 0.3) is 0 Å². The van der Waals surface area contributed by atoms with Crippen molar-refractivity contribution in [1.29, 1.82) is 5.26 Å². The van der Waals surface area contributed by atoms with Crippen molar-refractivity contribution < 1.29 is 40.6 Å². The first kappa shape index (κ1) is 32.5. The van der Waals surface area contributed by atoms with E-state index in [1.807, 2.05) is 0 Å². The zero-order valence-corrected chi connectivity index (χ0v) is 24.6. The smallest absolute Gasteiger partial charge is 0.393 e. The topological polar surface area (TPSA) is 64.3 Å². The van der Waals surface area contributed by atoms with E-state index in [1.165, 1.54) is 50.4 Å². The van der Waals surface area contributed by atoms with Gasteiger partial charge >= 0.3 is 12.4 Å². The predicted octanol–water partition coefficient (Wildman–Crippen LogP) is 8.73. The van der Waals surface area contributed by atoms with Crippen molar-refractivity contribution in [3.63, 3.8) is 0 Å². The summed E-state index contributed by atoms with van der Waals surface area (Å²) < 4.78 is 95.7. The number of hydrogen-bond donors (Lipinski definition) is 1. The highest BCUT2D eigenvalue weighted by Crippen LogP contribution is 2.50. The molecule has 1 amide bonds. The molecule has 1 heterocycles. The molecule has 43 heavy (non-hydrogen) atoms. The van der Waals surface area contributed by atoms with E-state index in [2.05, 4.69) is 6.07 Å². The Morgan fingerprint density at radius 3 is 1.98 bits per heavy atom. The Bertz CT molecular complexity index is 1540. The van der Waals surface area contributed by atoms with Crippen LogP contribution in [0.4, 0.5) is 36.4 Å². The number of aliphatic hydroxyl groups excluding tert-OH is 1. The number of carbonyl (C=O) groups is 1. The van der Waals surface area contributed by atoms with E-state index in [0.717, 1.165) is 4.90 Å². The summed E-state index contributed by atoms with van der Waals surface area (Å²) in [4.78, 5) is 16.3. The average Bonchev–Trinajstić information content (AvgIpc) is 3.30. The fraction of sp³-hybridized carbons (Fsp3) is 0.419. The quantitative estimate of drug-likeness (QED) is 0.288. The molecule has 0 saturated heterocycles. The number of aliphatic hydroxyl groups is 1. The number of anilines is 1. The molecule has 0 bridgehead atoms. The SMILES string of the molecule is Cc1cc(F)ccc1-c1sc(C2CCC(O)CC2)c(C#N)c1N(C)C(=O)C(C)(C)c1cc(C(F)(F)F)cc(C(F)(F)F)c1. The summed E-state index contributed by atoms with van der Waals surface area (Å²) in [7, 11) is 1.32. The van der Waals surface area contributed by atoms with E-state index in [4.69, 9.17) is 0 Å². The highest BCUT2D eigenvalue weighted by molar-refractivity contribution is 7.16. The normalized spacial score (nSPS) is 17.9. The minimum absolute atomic E-state index is 0.00321. The third kappa shape index (κ3) is 6.43. The van der Waals surface area contributed by atoms with E-state index < -0.39 is 52.3 Å². The minimum atomic E-state index is -5.10. The van der Waals surface area contributed by atoms with Gasteiger partial charge < -0.3 is 10.0 Å². The number of thiophene rings is 1. The van der Waals surface area contributed by atoms with Crippen LogP contribution in [-0.2, 0) is 22.6 Å². The molecule has 0 aliphatic heterocycles. The molecule has 1 aliphatic rings. The van der Waals surface area contributed by atoms with Crippen LogP contribution >= 0.6 is 11.3 Å².